The predicted octanol–water partition coefficient (Wildman–Crippen LogP) is 2.29. The number of rotatable bonds is 3. The van der Waals surface area contributed by atoms with E-state index in [9.17, 15) is 4.79 Å². The molecular weight excluding hydrogens is 226 g/mol. The molecule has 0 amide bonds. The number of aromatic nitrogens is 3. The van der Waals surface area contributed by atoms with E-state index in [0.29, 0.717) is 12.4 Å². The van der Waals surface area contributed by atoms with Crippen molar-refractivity contribution in [3.05, 3.63) is 60.3 Å². The molecule has 1 aromatic carbocycles. The number of hydrogen-bond acceptors (Lipinski definition) is 3. The van der Waals surface area contributed by atoms with Crippen molar-refractivity contribution in [3.8, 4) is 0 Å². The van der Waals surface area contributed by atoms with Crippen LogP contribution in [0.1, 0.15) is 16.2 Å². The molecule has 0 aliphatic rings. The predicted molar refractivity (Wildman–Crippen MR) is 68.5 cm³/mol. The second-order valence-electron chi connectivity index (χ2n) is 4.02. The number of aldehydes is 1. The molecule has 0 radical (unpaired) electrons. The molecule has 0 fully saturated rings. The standard InChI is InChI=1S/C14H11N3O/c18-10-13-15-7-8-17(13)9-12-4-1-3-11-5-2-6-16-14(11)12/h1-8,10H,9H2. The number of para-hydroxylation sites is 1. The van der Waals surface area contributed by atoms with Gasteiger partial charge in [0.25, 0.3) is 0 Å². The third-order valence-corrected chi connectivity index (χ3v) is 2.91. The summed E-state index contributed by atoms with van der Waals surface area (Å²) in [5.41, 5.74) is 2.04. The van der Waals surface area contributed by atoms with Gasteiger partial charge in [0.05, 0.1) is 12.1 Å². The summed E-state index contributed by atoms with van der Waals surface area (Å²) in [5.74, 6) is 0.433. The topological polar surface area (TPSA) is 47.8 Å². The van der Waals surface area contributed by atoms with Gasteiger partial charge in [-0.2, -0.15) is 0 Å². The van der Waals surface area contributed by atoms with E-state index in [1.165, 1.54) is 0 Å². The van der Waals surface area contributed by atoms with E-state index in [4.69, 9.17) is 0 Å². The quantitative estimate of drug-likeness (QED) is 0.657. The van der Waals surface area contributed by atoms with Gasteiger partial charge in [-0.3, -0.25) is 9.78 Å². The SMILES string of the molecule is O=Cc1nccn1Cc1cccc2cccnc12. The van der Waals surface area contributed by atoms with Crippen molar-refractivity contribution < 1.29 is 4.79 Å². The van der Waals surface area contributed by atoms with Crippen LogP contribution in [0.5, 0.6) is 0 Å². The zero-order valence-corrected chi connectivity index (χ0v) is 9.65. The molecule has 0 saturated carbocycles. The number of carbonyl (C=O) groups excluding carboxylic acids is 1. The third kappa shape index (κ3) is 1.78. The van der Waals surface area contributed by atoms with Gasteiger partial charge >= 0.3 is 0 Å². The Hall–Kier alpha value is -2.49. The Morgan fingerprint density at radius 3 is 2.89 bits per heavy atom. The van der Waals surface area contributed by atoms with Crippen molar-refractivity contribution in [2.24, 2.45) is 0 Å². The Morgan fingerprint density at radius 2 is 2.00 bits per heavy atom. The lowest BCUT2D eigenvalue weighted by Crippen LogP contribution is -2.04. The minimum Gasteiger partial charge on any atom is -0.324 e. The van der Waals surface area contributed by atoms with Crippen LogP contribution in [0.4, 0.5) is 0 Å². The minimum absolute atomic E-state index is 0.433. The van der Waals surface area contributed by atoms with Gasteiger partial charge in [-0.15, -0.1) is 0 Å². The molecule has 0 atom stereocenters. The maximum absolute atomic E-state index is 10.8. The smallest absolute Gasteiger partial charge is 0.185 e. The van der Waals surface area contributed by atoms with Crippen molar-refractivity contribution in [3.63, 3.8) is 0 Å². The largest absolute Gasteiger partial charge is 0.324 e. The van der Waals surface area contributed by atoms with E-state index in [0.717, 1.165) is 22.8 Å². The highest BCUT2D eigenvalue weighted by molar-refractivity contribution is 5.81. The van der Waals surface area contributed by atoms with Gasteiger partial charge < -0.3 is 4.57 Å². The van der Waals surface area contributed by atoms with E-state index in [-0.39, 0.29) is 0 Å². The number of fused-ring (bicyclic) bond motifs is 1. The van der Waals surface area contributed by atoms with Crippen LogP contribution in [0.3, 0.4) is 0 Å². The molecular formula is C14H11N3O. The zero-order chi connectivity index (χ0) is 12.4. The van der Waals surface area contributed by atoms with Crippen LogP contribution in [-0.4, -0.2) is 20.8 Å². The Balaban J connectivity index is 2.07. The van der Waals surface area contributed by atoms with Crippen LogP contribution >= 0.6 is 0 Å². The minimum atomic E-state index is 0.433. The first-order chi connectivity index (χ1) is 8.88. The summed E-state index contributed by atoms with van der Waals surface area (Å²) >= 11 is 0. The van der Waals surface area contributed by atoms with Gasteiger partial charge in [-0.25, -0.2) is 4.98 Å². The molecule has 4 heteroatoms. The van der Waals surface area contributed by atoms with E-state index in [2.05, 4.69) is 9.97 Å². The molecule has 3 rings (SSSR count). The first-order valence-corrected chi connectivity index (χ1v) is 5.67. The lowest BCUT2D eigenvalue weighted by Gasteiger charge is -2.07. The lowest BCUT2D eigenvalue weighted by molar-refractivity contribution is 0.111. The normalized spacial score (nSPS) is 10.7. The first-order valence-electron chi connectivity index (χ1n) is 5.67. The Kier molecular flexibility index (Phi) is 2.61. The fourth-order valence-corrected chi connectivity index (χ4v) is 2.05. The van der Waals surface area contributed by atoms with Crippen molar-refractivity contribution in [2.75, 3.05) is 0 Å². The number of nitrogens with zero attached hydrogens (tertiary/aromatic N) is 3. The molecule has 2 aromatic heterocycles. The van der Waals surface area contributed by atoms with Crippen molar-refractivity contribution in [1.29, 1.82) is 0 Å². The summed E-state index contributed by atoms with van der Waals surface area (Å²) in [4.78, 5) is 19.2. The summed E-state index contributed by atoms with van der Waals surface area (Å²) in [6.07, 6.45) is 5.97. The van der Waals surface area contributed by atoms with E-state index in [1.807, 2.05) is 34.9 Å². The Bertz CT molecular complexity index is 698. The highest BCUT2D eigenvalue weighted by atomic mass is 16.1. The van der Waals surface area contributed by atoms with Crippen molar-refractivity contribution in [2.45, 2.75) is 6.54 Å². The highest BCUT2D eigenvalue weighted by Gasteiger charge is 2.05. The van der Waals surface area contributed by atoms with Crippen LogP contribution in [0.2, 0.25) is 0 Å². The van der Waals surface area contributed by atoms with Crippen molar-refractivity contribution >= 4 is 17.2 Å². The molecule has 2 heterocycles. The molecule has 4 nitrogen and oxygen atoms in total. The fraction of sp³-hybridized carbons (Fsp3) is 0.0714. The third-order valence-electron chi connectivity index (χ3n) is 2.91. The second-order valence-corrected chi connectivity index (χ2v) is 4.02. The summed E-state index contributed by atoms with van der Waals surface area (Å²) in [6, 6.07) is 9.99. The number of pyridine rings is 1. The summed E-state index contributed by atoms with van der Waals surface area (Å²) < 4.78 is 1.82. The molecule has 0 aliphatic heterocycles. The van der Waals surface area contributed by atoms with Gasteiger partial charge in [0.2, 0.25) is 0 Å². The summed E-state index contributed by atoms with van der Waals surface area (Å²) in [5, 5.41) is 1.10. The monoisotopic (exact) mass is 237 g/mol. The average Bonchev–Trinajstić information content (AvgIpc) is 2.86. The molecule has 0 unspecified atom stereocenters. The Morgan fingerprint density at radius 1 is 1.11 bits per heavy atom. The molecule has 0 aliphatic carbocycles. The maximum Gasteiger partial charge on any atom is 0.185 e. The summed E-state index contributed by atoms with van der Waals surface area (Å²) in [7, 11) is 0. The van der Waals surface area contributed by atoms with Gasteiger partial charge in [-0.05, 0) is 11.6 Å². The van der Waals surface area contributed by atoms with Gasteiger partial charge in [0.15, 0.2) is 12.1 Å². The van der Waals surface area contributed by atoms with Crippen LogP contribution in [0.25, 0.3) is 10.9 Å². The average molecular weight is 237 g/mol. The molecule has 0 N–H and O–H groups in total. The maximum atomic E-state index is 10.8. The van der Waals surface area contributed by atoms with Gasteiger partial charge in [-0.1, -0.05) is 24.3 Å². The van der Waals surface area contributed by atoms with Crippen LogP contribution in [0.15, 0.2) is 48.9 Å². The van der Waals surface area contributed by atoms with E-state index in [1.54, 1.807) is 18.6 Å². The van der Waals surface area contributed by atoms with Gasteiger partial charge in [0.1, 0.15) is 0 Å². The van der Waals surface area contributed by atoms with E-state index < -0.39 is 0 Å². The zero-order valence-electron chi connectivity index (χ0n) is 9.65. The first kappa shape index (κ1) is 10.7. The highest BCUT2D eigenvalue weighted by Crippen LogP contribution is 2.17. The number of hydrogen-bond donors (Lipinski definition) is 0. The number of imidazole rings is 1. The fourth-order valence-electron chi connectivity index (χ4n) is 2.05. The van der Waals surface area contributed by atoms with Crippen LogP contribution < -0.4 is 0 Å². The van der Waals surface area contributed by atoms with E-state index >= 15 is 0 Å². The van der Waals surface area contributed by atoms with Crippen LogP contribution in [-0.2, 0) is 6.54 Å². The van der Waals surface area contributed by atoms with Crippen LogP contribution in [0, 0.1) is 0 Å². The Labute approximate surface area is 104 Å². The number of carbonyl (C=O) groups is 1. The second kappa shape index (κ2) is 4.41. The van der Waals surface area contributed by atoms with Gasteiger partial charge in [0, 0.05) is 24.0 Å². The number of benzene rings is 1. The molecule has 3 aromatic rings. The molecule has 0 saturated heterocycles. The van der Waals surface area contributed by atoms with Crippen molar-refractivity contribution in [1.82, 2.24) is 14.5 Å². The lowest BCUT2D eigenvalue weighted by atomic mass is 10.1. The molecule has 88 valence electrons. The molecule has 0 spiro atoms. The molecule has 18 heavy (non-hydrogen) atoms. The molecule has 0 bridgehead atoms. The summed E-state index contributed by atoms with van der Waals surface area (Å²) in [6.45, 7) is 0.600.